The van der Waals surface area contributed by atoms with Crippen LogP contribution in [0.4, 0.5) is 0 Å². The molecule has 0 radical (unpaired) electrons. The van der Waals surface area contributed by atoms with Gasteiger partial charge in [0.25, 0.3) is 5.91 Å². The Labute approximate surface area is 148 Å². The van der Waals surface area contributed by atoms with Gasteiger partial charge in [-0.2, -0.15) is 0 Å². The van der Waals surface area contributed by atoms with Crippen molar-refractivity contribution in [3.05, 3.63) is 64.7 Å². The summed E-state index contributed by atoms with van der Waals surface area (Å²) in [7, 11) is 1.63. The Kier molecular flexibility index (Phi) is 3.93. The molecule has 2 aliphatic rings. The number of amides is 1. The minimum atomic E-state index is -0.423. The number of fused-ring (bicyclic) bond motifs is 2. The van der Waals surface area contributed by atoms with Gasteiger partial charge in [-0.05, 0) is 24.5 Å². The van der Waals surface area contributed by atoms with E-state index in [0.717, 1.165) is 21.9 Å². The number of hydrogen-bond acceptors (Lipinski definition) is 6. The second kappa shape index (κ2) is 6.25. The molecular weight excluding hydrogens is 336 g/mol. The fourth-order valence-corrected chi connectivity index (χ4v) is 3.30. The van der Waals surface area contributed by atoms with E-state index in [1.54, 1.807) is 12.1 Å². The maximum absolute atomic E-state index is 12.7. The number of amidine groups is 1. The molecule has 1 atom stereocenters. The number of benzene rings is 2. The SMILES string of the molecule is COc1cccc([C@H]2N=c3ccccc3=C3C(=O)NC(SC)=NN32)c1. The third kappa shape index (κ3) is 2.66. The van der Waals surface area contributed by atoms with E-state index in [1.807, 2.05) is 54.8 Å². The standard InChI is InChI=1S/C18H16N4O2S/c1-24-12-7-5-6-11(10-12)16-19-14-9-4-3-8-13(14)15-17(23)20-18(25-2)21-22(15)16/h3-10,16H,1-2H3,(H,20,21,23)/t16-/m0/s1. The highest BCUT2D eigenvalue weighted by molar-refractivity contribution is 8.13. The van der Waals surface area contributed by atoms with E-state index in [0.29, 0.717) is 10.9 Å². The molecule has 1 N–H and O–H groups in total. The smallest absolute Gasteiger partial charge is 0.276 e. The lowest BCUT2D eigenvalue weighted by molar-refractivity contribution is -0.116. The maximum Gasteiger partial charge on any atom is 0.276 e. The van der Waals surface area contributed by atoms with Crippen LogP contribution in [0.5, 0.6) is 5.75 Å². The number of carbonyl (C=O) groups excluding carboxylic acids is 1. The van der Waals surface area contributed by atoms with Crippen LogP contribution in [0.1, 0.15) is 11.7 Å². The molecule has 0 aliphatic carbocycles. The van der Waals surface area contributed by atoms with Crippen LogP contribution in [0.25, 0.3) is 5.70 Å². The quantitative estimate of drug-likeness (QED) is 0.882. The molecule has 0 spiro atoms. The number of methoxy groups -OCH3 is 1. The second-order valence-corrected chi connectivity index (χ2v) is 6.35. The van der Waals surface area contributed by atoms with E-state index in [-0.39, 0.29) is 5.91 Å². The number of thioether (sulfide) groups is 1. The molecule has 7 heteroatoms. The first kappa shape index (κ1) is 15.7. The van der Waals surface area contributed by atoms with Crippen LogP contribution in [-0.4, -0.2) is 29.4 Å². The third-order valence-corrected chi connectivity index (χ3v) is 4.67. The van der Waals surface area contributed by atoms with Crippen LogP contribution < -0.4 is 20.6 Å². The Balaban J connectivity index is 1.97. The largest absolute Gasteiger partial charge is 0.497 e. The summed E-state index contributed by atoms with van der Waals surface area (Å²) in [5.41, 5.74) is 1.42. The van der Waals surface area contributed by atoms with Gasteiger partial charge in [0.1, 0.15) is 11.4 Å². The normalized spacial score (nSPS) is 18.6. The van der Waals surface area contributed by atoms with E-state index in [9.17, 15) is 4.79 Å². The highest BCUT2D eigenvalue weighted by Crippen LogP contribution is 2.31. The van der Waals surface area contributed by atoms with Crippen molar-refractivity contribution in [2.75, 3.05) is 13.4 Å². The molecule has 2 aromatic rings. The summed E-state index contributed by atoms with van der Waals surface area (Å²) in [6, 6.07) is 15.3. The van der Waals surface area contributed by atoms with Crippen LogP contribution in [0.2, 0.25) is 0 Å². The number of hydrazone groups is 1. The Morgan fingerprint density at radius 3 is 2.84 bits per heavy atom. The highest BCUT2D eigenvalue weighted by Gasteiger charge is 2.34. The number of nitrogens with zero attached hydrogens (tertiary/aromatic N) is 3. The summed E-state index contributed by atoms with van der Waals surface area (Å²) in [4.78, 5) is 17.5. The van der Waals surface area contributed by atoms with Gasteiger partial charge in [-0.25, -0.2) is 5.01 Å². The van der Waals surface area contributed by atoms with E-state index >= 15 is 0 Å². The topological polar surface area (TPSA) is 66.3 Å². The van der Waals surface area contributed by atoms with Crippen molar-refractivity contribution in [3.8, 4) is 5.75 Å². The first-order valence-electron chi connectivity index (χ1n) is 7.75. The van der Waals surface area contributed by atoms with Crippen molar-refractivity contribution in [2.45, 2.75) is 6.17 Å². The molecule has 0 fully saturated rings. The average Bonchev–Trinajstić information content (AvgIpc) is 2.66. The van der Waals surface area contributed by atoms with Gasteiger partial charge in [0.15, 0.2) is 11.3 Å². The zero-order valence-electron chi connectivity index (χ0n) is 13.8. The van der Waals surface area contributed by atoms with Gasteiger partial charge < -0.3 is 4.74 Å². The average molecular weight is 352 g/mol. The molecule has 126 valence electrons. The summed E-state index contributed by atoms with van der Waals surface area (Å²) in [6.45, 7) is 0. The first-order chi connectivity index (χ1) is 12.2. The minimum Gasteiger partial charge on any atom is -0.497 e. The minimum absolute atomic E-state index is 0.172. The van der Waals surface area contributed by atoms with Crippen LogP contribution in [0, 0.1) is 0 Å². The Morgan fingerprint density at radius 1 is 1.20 bits per heavy atom. The van der Waals surface area contributed by atoms with Crippen molar-refractivity contribution in [2.24, 2.45) is 10.1 Å². The van der Waals surface area contributed by atoms with Crippen LogP contribution in [0.3, 0.4) is 0 Å². The molecule has 0 bridgehead atoms. The number of rotatable bonds is 2. The van der Waals surface area contributed by atoms with Crippen molar-refractivity contribution < 1.29 is 9.53 Å². The summed E-state index contributed by atoms with van der Waals surface area (Å²) in [6.07, 6.45) is 1.45. The van der Waals surface area contributed by atoms with E-state index in [4.69, 9.17) is 9.73 Å². The van der Waals surface area contributed by atoms with E-state index in [1.165, 1.54) is 11.8 Å². The van der Waals surface area contributed by atoms with Gasteiger partial charge in [0.2, 0.25) is 0 Å². The number of para-hydroxylation sites is 1. The van der Waals surface area contributed by atoms with Crippen molar-refractivity contribution in [1.29, 1.82) is 0 Å². The van der Waals surface area contributed by atoms with E-state index < -0.39 is 6.17 Å². The molecule has 2 aliphatic heterocycles. The van der Waals surface area contributed by atoms with Gasteiger partial charge >= 0.3 is 0 Å². The molecule has 4 rings (SSSR count). The Hall–Kier alpha value is -2.80. The van der Waals surface area contributed by atoms with Crippen molar-refractivity contribution in [3.63, 3.8) is 0 Å². The lowest BCUT2D eigenvalue weighted by Crippen LogP contribution is -2.50. The summed E-state index contributed by atoms with van der Waals surface area (Å²) < 4.78 is 5.33. The Bertz CT molecular complexity index is 1000. The summed E-state index contributed by atoms with van der Waals surface area (Å²) in [5, 5.41) is 11.2. The Morgan fingerprint density at radius 2 is 2.04 bits per heavy atom. The van der Waals surface area contributed by atoms with Gasteiger partial charge in [-0.15, -0.1) is 5.10 Å². The lowest BCUT2D eigenvalue weighted by Gasteiger charge is -2.33. The molecule has 2 heterocycles. The molecule has 1 amide bonds. The van der Waals surface area contributed by atoms with Gasteiger partial charge in [0, 0.05) is 10.8 Å². The van der Waals surface area contributed by atoms with Crippen LogP contribution in [0.15, 0.2) is 58.6 Å². The second-order valence-electron chi connectivity index (χ2n) is 5.55. The monoisotopic (exact) mass is 352 g/mol. The zero-order valence-corrected chi connectivity index (χ0v) is 14.6. The zero-order chi connectivity index (χ0) is 17.4. The van der Waals surface area contributed by atoms with E-state index in [2.05, 4.69) is 10.4 Å². The fourth-order valence-electron chi connectivity index (χ4n) is 2.94. The number of nitrogens with one attached hydrogen (secondary N) is 1. The molecule has 6 nitrogen and oxygen atoms in total. The highest BCUT2D eigenvalue weighted by atomic mass is 32.2. The number of hydrogen-bond donors (Lipinski definition) is 1. The number of ether oxygens (including phenoxy) is 1. The predicted octanol–water partition coefficient (Wildman–Crippen LogP) is 1.20. The van der Waals surface area contributed by atoms with Gasteiger partial charge in [0.05, 0.1) is 12.5 Å². The summed E-state index contributed by atoms with van der Waals surface area (Å²) in [5.74, 6) is 0.568. The van der Waals surface area contributed by atoms with Crippen molar-refractivity contribution >= 4 is 28.5 Å². The molecule has 2 aromatic carbocycles. The van der Waals surface area contributed by atoms with Crippen LogP contribution in [-0.2, 0) is 4.79 Å². The predicted molar refractivity (Wildman–Crippen MR) is 97.3 cm³/mol. The third-order valence-electron chi connectivity index (χ3n) is 4.10. The molecule has 25 heavy (non-hydrogen) atoms. The molecule has 0 unspecified atom stereocenters. The molecule has 0 saturated carbocycles. The molecule has 0 saturated heterocycles. The van der Waals surface area contributed by atoms with Crippen LogP contribution >= 0.6 is 11.8 Å². The maximum atomic E-state index is 12.7. The fraction of sp³-hybridized carbons (Fsp3) is 0.167. The molecule has 0 aromatic heterocycles. The number of carbonyl (C=O) groups is 1. The lowest BCUT2D eigenvalue weighted by atomic mass is 10.1. The first-order valence-corrected chi connectivity index (χ1v) is 8.98. The molecular formula is C18H16N4O2S. The van der Waals surface area contributed by atoms with Gasteiger partial charge in [-0.1, -0.05) is 42.1 Å². The summed E-state index contributed by atoms with van der Waals surface area (Å²) >= 11 is 1.39. The van der Waals surface area contributed by atoms with Gasteiger partial charge in [-0.3, -0.25) is 15.1 Å². The van der Waals surface area contributed by atoms with Crippen molar-refractivity contribution in [1.82, 2.24) is 10.3 Å².